The smallest absolute Gasteiger partial charge is 0.252 e. The van der Waals surface area contributed by atoms with E-state index in [2.05, 4.69) is 16.1 Å². The molecule has 0 aliphatic rings. The molecule has 0 fully saturated rings. The van der Waals surface area contributed by atoms with Crippen molar-refractivity contribution in [3.05, 3.63) is 82.0 Å². The summed E-state index contributed by atoms with van der Waals surface area (Å²) in [7, 11) is -3.34. The van der Waals surface area contributed by atoms with Crippen molar-refractivity contribution in [2.75, 3.05) is 11.0 Å². The molecular formula is C20H20N2O3S3. The maximum atomic E-state index is 12.7. The van der Waals surface area contributed by atoms with Crippen molar-refractivity contribution in [3.63, 3.8) is 0 Å². The number of hydrogen-bond donors (Lipinski definition) is 2. The number of nitrogens with one attached hydrogen (secondary N) is 2. The van der Waals surface area contributed by atoms with E-state index in [1.807, 2.05) is 41.8 Å². The number of carbonyl (C=O) groups excluding carboxylic acids is 1. The molecule has 28 heavy (non-hydrogen) atoms. The van der Waals surface area contributed by atoms with Crippen molar-refractivity contribution in [1.82, 2.24) is 5.32 Å². The topological polar surface area (TPSA) is 75.3 Å². The van der Waals surface area contributed by atoms with Crippen LogP contribution in [0.5, 0.6) is 0 Å². The van der Waals surface area contributed by atoms with E-state index in [1.54, 1.807) is 41.3 Å². The second-order valence-corrected chi connectivity index (χ2v) is 9.92. The van der Waals surface area contributed by atoms with Crippen LogP contribution in [0.3, 0.4) is 0 Å². The van der Waals surface area contributed by atoms with Crippen LogP contribution in [0.4, 0.5) is 5.69 Å². The molecule has 1 amide bonds. The zero-order valence-electron chi connectivity index (χ0n) is 15.2. The van der Waals surface area contributed by atoms with Crippen LogP contribution in [0.15, 0.2) is 70.9 Å². The molecule has 3 aromatic rings. The first kappa shape index (κ1) is 20.4. The minimum atomic E-state index is -3.34. The van der Waals surface area contributed by atoms with Crippen LogP contribution in [-0.4, -0.2) is 20.6 Å². The third-order valence-electron chi connectivity index (χ3n) is 3.77. The molecule has 0 saturated carbocycles. The van der Waals surface area contributed by atoms with Crippen molar-refractivity contribution in [1.29, 1.82) is 0 Å². The lowest BCUT2D eigenvalue weighted by Crippen LogP contribution is -2.23. The van der Waals surface area contributed by atoms with E-state index in [1.165, 1.54) is 4.88 Å². The van der Waals surface area contributed by atoms with Crippen LogP contribution in [0.25, 0.3) is 0 Å². The van der Waals surface area contributed by atoms with Gasteiger partial charge in [-0.25, -0.2) is 8.42 Å². The Kier molecular flexibility index (Phi) is 6.77. The summed E-state index contributed by atoms with van der Waals surface area (Å²) in [6.45, 7) is 0.308. The number of sulfonamides is 1. The molecular weight excluding hydrogens is 412 g/mol. The highest BCUT2D eigenvalue weighted by molar-refractivity contribution is 7.98. The lowest BCUT2D eigenvalue weighted by Gasteiger charge is -2.11. The quantitative estimate of drug-likeness (QED) is 0.519. The fourth-order valence-electron chi connectivity index (χ4n) is 2.56. The molecule has 1 heterocycles. The van der Waals surface area contributed by atoms with Crippen LogP contribution in [0.1, 0.15) is 20.8 Å². The number of thiophene rings is 1. The second-order valence-electron chi connectivity index (χ2n) is 6.12. The Labute approximate surface area is 173 Å². The van der Waals surface area contributed by atoms with Gasteiger partial charge in [0.15, 0.2) is 0 Å². The summed E-state index contributed by atoms with van der Waals surface area (Å²) >= 11 is 3.34. The first-order chi connectivity index (χ1) is 13.4. The molecule has 0 radical (unpaired) electrons. The Morgan fingerprint density at radius 2 is 1.89 bits per heavy atom. The first-order valence-corrected chi connectivity index (χ1v) is 12.3. The SMILES string of the molecule is CS(=O)(=O)Nc1cccc(CNC(=O)c2ccccc2SCc2cccs2)c1. The Bertz CT molecular complexity index is 1050. The molecule has 0 unspecified atom stereocenters. The summed E-state index contributed by atoms with van der Waals surface area (Å²) in [6.07, 6.45) is 1.10. The maximum absolute atomic E-state index is 12.7. The molecule has 5 nitrogen and oxygen atoms in total. The minimum absolute atomic E-state index is 0.157. The Balaban J connectivity index is 1.64. The normalized spacial score (nSPS) is 11.2. The lowest BCUT2D eigenvalue weighted by molar-refractivity contribution is 0.0948. The Morgan fingerprint density at radius 3 is 2.64 bits per heavy atom. The molecule has 1 aromatic heterocycles. The molecule has 0 spiro atoms. The van der Waals surface area contributed by atoms with Gasteiger partial charge in [0.2, 0.25) is 10.0 Å². The molecule has 146 valence electrons. The molecule has 0 aliphatic carbocycles. The molecule has 0 bridgehead atoms. The van der Waals surface area contributed by atoms with E-state index in [0.29, 0.717) is 17.8 Å². The number of thioether (sulfide) groups is 1. The zero-order chi connectivity index (χ0) is 20.0. The van der Waals surface area contributed by atoms with E-state index in [9.17, 15) is 13.2 Å². The maximum Gasteiger partial charge on any atom is 0.252 e. The van der Waals surface area contributed by atoms with Gasteiger partial charge in [-0.15, -0.1) is 23.1 Å². The van der Waals surface area contributed by atoms with Crippen molar-refractivity contribution in [3.8, 4) is 0 Å². The standard InChI is InChI=1S/C20H20N2O3S3/c1-28(24,25)22-16-7-4-6-15(12-16)13-21-20(23)18-9-2-3-10-19(18)27-14-17-8-5-11-26-17/h2-12,22H,13-14H2,1H3,(H,21,23). The number of anilines is 1. The van der Waals surface area contributed by atoms with Crippen molar-refractivity contribution < 1.29 is 13.2 Å². The average Bonchev–Trinajstić information content (AvgIpc) is 3.17. The molecule has 0 saturated heterocycles. The summed E-state index contributed by atoms with van der Waals surface area (Å²) in [4.78, 5) is 14.9. The predicted octanol–water partition coefficient (Wildman–Crippen LogP) is 4.34. The van der Waals surface area contributed by atoms with Crippen LogP contribution in [0, 0.1) is 0 Å². The van der Waals surface area contributed by atoms with E-state index >= 15 is 0 Å². The van der Waals surface area contributed by atoms with E-state index in [0.717, 1.165) is 22.5 Å². The van der Waals surface area contributed by atoms with Crippen LogP contribution in [0.2, 0.25) is 0 Å². The monoisotopic (exact) mass is 432 g/mol. The second kappa shape index (κ2) is 9.27. The summed E-state index contributed by atoms with van der Waals surface area (Å²) in [5.74, 6) is 0.664. The van der Waals surface area contributed by atoms with Crippen LogP contribution >= 0.6 is 23.1 Å². The van der Waals surface area contributed by atoms with Crippen molar-refractivity contribution in [2.45, 2.75) is 17.2 Å². The molecule has 0 aliphatic heterocycles. The molecule has 2 aromatic carbocycles. The summed E-state index contributed by atoms with van der Waals surface area (Å²) < 4.78 is 25.2. The Hall–Kier alpha value is -2.29. The van der Waals surface area contributed by atoms with Gasteiger partial charge in [-0.2, -0.15) is 0 Å². The fourth-order valence-corrected chi connectivity index (χ4v) is 4.94. The number of benzene rings is 2. The summed E-state index contributed by atoms with van der Waals surface area (Å²) in [5, 5.41) is 4.95. The summed E-state index contributed by atoms with van der Waals surface area (Å²) in [5.41, 5.74) is 1.92. The van der Waals surface area contributed by atoms with Gasteiger partial charge in [0.25, 0.3) is 5.91 Å². The molecule has 2 N–H and O–H groups in total. The number of carbonyl (C=O) groups is 1. The number of rotatable bonds is 8. The first-order valence-electron chi connectivity index (χ1n) is 8.50. The summed E-state index contributed by atoms with van der Waals surface area (Å²) in [6, 6.07) is 18.6. The van der Waals surface area contributed by atoms with E-state index in [4.69, 9.17) is 0 Å². The highest BCUT2D eigenvalue weighted by atomic mass is 32.2. The van der Waals surface area contributed by atoms with Gasteiger partial charge in [-0.1, -0.05) is 30.3 Å². The third kappa shape index (κ3) is 6.12. The van der Waals surface area contributed by atoms with Crippen molar-refractivity contribution >= 4 is 44.7 Å². The molecule has 8 heteroatoms. The van der Waals surface area contributed by atoms with Crippen LogP contribution < -0.4 is 10.0 Å². The predicted molar refractivity (Wildman–Crippen MR) is 116 cm³/mol. The van der Waals surface area contributed by atoms with Gasteiger partial charge in [0.1, 0.15) is 0 Å². The largest absolute Gasteiger partial charge is 0.348 e. The molecule has 3 rings (SSSR count). The third-order valence-corrected chi connectivity index (χ3v) is 6.55. The average molecular weight is 433 g/mol. The highest BCUT2D eigenvalue weighted by Gasteiger charge is 2.12. The van der Waals surface area contributed by atoms with Crippen molar-refractivity contribution in [2.24, 2.45) is 0 Å². The van der Waals surface area contributed by atoms with E-state index in [-0.39, 0.29) is 5.91 Å². The van der Waals surface area contributed by atoms with E-state index < -0.39 is 10.0 Å². The highest BCUT2D eigenvalue weighted by Crippen LogP contribution is 2.28. The van der Waals surface area contributed by atoms with Gasteiger partial charge in [-0.05, 0) is 41.3 Å². The number of hydrogen-bond acceptors (Lipinski definition) is 5. The fraction of sp³-hybridized carbons (Fsp3) is 0.150. The molecule has 0 atom stereocenters. The van der Waals surface area contributed by atoms with Gasteiger partial charge in [0.05, 0.1) is 11.8 Å². The van der Waals surface area contributed by atoms with Gasteiger partial charge in [-0.3, -0.25) is 9.52 Å². The minimum Gasteiger partial charge on any atom is -0.348 e. The lowest BCUT2D eigenvalue weighted by atomic mass is 10.2. The number of amides is 1. The zero-order valence-corrected chi connectivity index (χ0v) is 17.7. The Morgan fingerprint density at radius 1 is 1.07 bits per heavy atom. The van der Waals surface area contributed by atoms with Gasteiger partial charge < -0.3 is 5.32 Å². The van der Waals surface area contributed by atoms with Gasteiger partial charge in [0, 0.05) is 27.8 Å². The van der Waals surface area contributed by atoms with Gasteiger partial charge >= 0.3 is 0 Å². The van der Waals surface area contributed by atoms with Crippen LogP contribution in [-0.2, 0) is 22.3 Å².